The lowest BCUT2D eigenvalue weighted by atomic mass is 10.1. The smallest absolute Gasteiger partial charge is 0.270 e. The highest BCUT2D eigenvalue weighted by Crippen LogP contribution is 2.24. The van der Waals surface area contributed by atoms with Gasteiger partial charge in [-0.1, -0.05) is 0 Å². The van der Waals surface area contributed by atoms with Crippen molar-refractivity contribution >= 4 is 21.3 Å². The van der Waals surface area contributed by atoms with E-state index in [9.17, 15) is 23.3 Å². The highest BCUT2D eigenvalue weighted by atomic mass is 32.2. The summed E-state index contributed by atoms with van der Waals surface area (Å²) in [5, 5.41) is 10.2. The maximum absolute atomic E-state index is 11.6. The molecule has 0 unspecified atom stereocenters. The Labute approximate surface area is 123 Å². The lowest BCUT2D eigenvalue weighted by Crippen LogP contribution is -2.22. The van der Waals surface area contributed by atoms with Crippen molar-refractivity contribution in [1.82, 2.24) is 0 Å². The Hall–Kier alpha value is -1.96. The summed E-state index contributed by atoms with van der Waals surface area (Å²) in [6.07, 6.45) is 0. The highest BCUT2D eigenvalue weighted by molar-refractivity contribution is 7.91. The fraction of sp³-hybridized carbons (Fsp3) is 0.462. The van der Waals surface area contributed by atoms with Crippen LogP contribution in [0.5, 0.6) is 5.75 Å². The fourth-order valence-corrected chi connectivity index (χ4v) is 2.32. The van der Waals surface area contributed by atoms with Crippen molar-refractivity contribution in [1.29, 1.82) is 0 Å². The average Bonchev–Trinajstić information content (AvgIpc) is 2.38. The molecule has 1 aromatic carbocycles. The Bertz CT molecular complexity index is 651. The van der Waals surface area contributed by atoms with Crippen LogP contribution in [0.3, 0.4) is 0 Å². The number of nitro benzene ring substituents is 1. The normalized spacial score (nSPS) is 11.4. The van der Waals surface area contributed by atoms with E-state index in [4.69, 9.17) is 4.74 Å². The van der Waals surface area contributed by atoms with Gasteiger partial charge in [0.1, 0.15) is 12.4 Å². The van der Waals surface area contributed by atoms with Crippen LogP contribution < -0.4 is 4.74 Å². The first-order valence-corrected chi connectivity index (χ1v) is 8.00. The third-order valence-electron chi connectivity index (χ3n) is 2.90. The zero-order chi connectivity index (χ0) is 16.2. The van der Waals surface area contributed by atoms with E-state index < -0.39 is 20.0 Å². The molecule has 0 aromatic heterocycles. The van der Waals surface area contributed by atoms with E-state index in [0.29, 0.717) is 0 Å². The Morgan fingerprint density at radius 1 is 1.38 bits per heavy atom. The summed E-state index contributed by atoms with van der Waals surface area (Å²) in [6, 6.07) is 3.63. The minimum atomic E-state index is -3.24. The number of benzene rings is 1. The first-order chi connectivity index (χ1) is 9.65. The minimum Gasteiger partial charge on any atom is -0.492 e. The van der Waals surface area contributed by atoms with E-state index >= 15 is 0 Å². The molecule has 0 heterocycles. The third-order valence-corrected chi connectivity index (χ3v) is 5.07. The SMILES string of the molecule is CC(=O)c1cc([N+](=O)[O-])ccc1OCCS(=O)(=O)C(C)C. The van der Waals surface area contributed by atoms with Gasteiger partial charge in [-0.25, -0.2) is 8.42 Å². The van der Waals surface area contributed by atoms with Crippen LogP contribution in [-0.2, 0) is 9.84 Å². The summed E-state index contributed by atoms with van der Waals surface area (Å²) >= 11 is 0. The van der Waals surface area contributed by atoms with Crippen molar-refractivity contribution in [3.05, 3.63) is 33.9 Å². The number of nitrogens with zero attached hydrogens (tertiary/aromatic N) is 1. The molecule has 0 amide bonds. The van der Waals surface area contributed by atoms with Crippen LogP contribution in [0.25, 0.3) is 0 Å². The van der Waals surface area contributed by atoms with Crippen molar-refractivity contribution < 1.29 is 22.9 Å². The summed E-state index contributed by atoms with van der Waals surface area (Å²) in [4.78, 5) is 21.6. The van der Waals surface area contributed by atoms with E-state index in [1.54, 1.807) is 13.8 Å². The van der Waals surface area contributed by atoms with Gasteiger partial charge in [0.2, 0.25) is 0 Å². The summed E-state index contributed by atoms with van der Waals surface area (Å²) < 4.78 is 28.6. The molecule has 1 rings (SSSR count). The minimum absolute atomic E-state index is 0.0612. The lowest BCUT2D eigenvalue weighted by Gasteiger charge is -2.11. The standard InChI is InChI=1S/C13H17NO6S/c1-9(2)21(18,19)7-6-20-13-5-4-11(14(16)17)8-12(13)10(3)15/h4-5,8-9H,6-7H2,1-3H3. The Morgan fingerprint density at radius 2 is 2.00 bits per heavy atom. The van der Waals surface area contributed by atoms with Gasteiger partial charge in [0, 0.05) is 12.1 Å². The van der Waals surface area contributed by atoms with Crippen molar-refractivity contribution in [2.24, 2.45) is 0 Å². The summed E-state index contributed by atoms with van der Waals surface area (Å²) in [7, 11) is -3.24. The molecule has 0 atom stereocenters. The van der Waals surface area contributed by atoms with Crippen LogP contribution in [0.15, 0.2) is 18.2 Å². The molecular weight excluding hydrogens is 298 g/mol. The van der Waals surface area contributed by atoms with Crippen LogP contribution in [0.1, 0.15) is 31.1 Å². The van der Waals surface area contributed by atoms with Gasteiger partial charge in [0.25, 0.3) is 5.69 Å². The van der Waals surface area contributed by atoms with Crippen molar-refractivity contribution in [2.45, 2.75) is 26.0 Å². The summed E-state index contributed by atoms with van der Waals surface area (Å²) in [5.74, 6) is -0.425. The van der Waals surface area contributed by atoms with Gasteiger partial charge in [-0.2, -0.15) is 0 Å². The van der Waals surface area contributed by atoms with Gasteiger partial charge in [0.15, 0.2) is 15.6 Å². The molecule has 8 heteroatoms. The van der Waals surface area contributed by atoms with Crippen LogP contribution in [0.2, 0.25) is 0 Å². The number of Topliss-reactive ketones (excluding diaryl/α,β-unsaturated/α-hetero) is 1. The number of rotatable bonds is 7. The average molecular weight is 315 g/mol. The zero-order valence-electron chi connectivity index (χ0n) is 12.0. The number of ketones is 1. The molecule has 0 fully saturated rings. The van der Waals surface area contributed by atoms with Crippen LogP contribution in [-0.4, -0.2) is 36.7 Å². The molecule has 0 N–H and O–H groups in total. The van der Waals surface area contributed by atoms with Gasteiger partial charge in [-0.05, 0) is 26.8 Å². The van der Waals surface area contributed by atoms with Gasteiger partial charge in [-0.15, -0.1) is 0 Å². The van der Waals surface area contributed by atoms with Crippen LogP contribution in [0, 0.1) is 10.1 Å². The second kappa shape index (κ2) is 6.66. The molecule has 0 aliphatic carbocycles. The van der Waals surface area contributed by atoms with Crippen molar-refractivity contribution in [3.8, 4) is 5.75 Å². The van der Waals surface area contributed by atoms with E-state index in [-0.39, 0.29) is 35.1 Å². The molecule has 0 aliphatic rings. The number of non-ortho nitro benzene ring substituents is 1. The molecule has 0 saturated carbocycles. The Kier molecular flexibility index (Phi) is 5.42. The molecule has 0 spiro atoms. The molecule has 116 valence electrons. The largest absolute Gasteiger partial charge is 0.492 e. The number of hydrogen-bond acceptors (Lipinski definition) is 6. The number of ether oxygens (including phenoxy) is 1. The third kappa shape index (κ3) is 4.52. The van der Waals surface area contributed by atoms with Gasteiger partial charge >= 0.3 is 0 Å². The summed E-state index contributed by atoms with van der Waals surface area (Å²) in [6.45, 7) is 4.29. The molecule has 1 aromatic rings. The van der Waals surface area contributed by atoms with Crippen molar-refractivity contribution in [2.75, 3.05) is 12.4 Å². The molecule has 7 nitrogen and oxygen atoms in total. The van der Waals surface area contributed by atoms with Crippen LogP contribution in [0.4, 0.5) is 5.69 Å². The van der Waals surface area contributed by atoms with Gasteiger partial charge < -0.3 is 4.74 Å². The monoisotopic (exact) mass is 315 g/mol. The second-order valence-corrected chi connectivity index (χ2v) is 7.43. The predicted octanol–water partition coefficient (Wildman–Crippen LogP) is 2.00. The molecule has 0 saturated heterocycles. The quantitative estimate of drug-likeness (QED) is 0.433. The number of carbonyl (C=O) groups excluding carboxylic acids is 1. The molecule has 0 radical (unpaired) electrons. The van der Waals surface area contributed by atoms with E-state index in [0.717, 1.165) is 6.07 Å². The number of carbonyl (C=O) groups is 1. The maximum atomic E-state index is 11.6. The number of sulfone groups is 1. The van der Waals surface area contributed by atoms with E-state index in [1.165, 1.54) is 19.1 Å². The first-order valence-electron chi connectivity index (χ1n) is 6.29. The van der Waals surface area contributed by atoms with E-state index in [1.807, 2.05) is 0 Å². The predicted molar refractivity (Wildman–Crippen MR) is 77.5 cm³/mol. The topological polar surface area (TPSA) is 104 Å². The summed E-state index contributed by atoms with van der Waals surface area (Å²) in [5.41, 5.74) is -0.159. The van der Waals surface area contributed by atoms with Crippen molar-refractivity contribution in [3.63, 3.8) is 0 Å². The molecule has 21 heavy (non-hydrogen) atoms. The van der Waals surface area contributed by atoms with E-state index in [2.05, 4.69) is 0 Å². The first kappa shape index (κ1) is 17.1. The van der Waals surface area contributed by atoms with Gasteiger partial charge in [0.05, 0.1) is 21.5 Å². The molecular formula is C13H17NO6S. The Morgan fingerprint density at radius 3 is 2.48 bits per heavy atom. The number of nitro groups is 1. The van der Waals surface area contributed by atoms with Crippen LogP contribution >= 0.6 is 0 Å². The molecule has 0 bridgehead atoms. The highest BCUT2D eigenvalue weighted by Gasteiger charge is 2.18. The maximum Gasteiger partial charge on any atom is 0.270 e. The second-order valence-electron chi connectivity index (χ2n) is 4.76. The molecule has 0 aliphatic heterocycles. The zero-order valence-corrected chi connectivity index (χ0v) is 12.8. The fourth-order valence-electron chi connectivity index (χ4n) is 1.54. The lowest BCUT2D eigenvalue weighted by molar-refractivity contribution is -0.384. The Balaban J connectivity index is 2.89. The number of hydrogen-bond donors (Lipinski definition) is 0. The van der Waals surface area contributed by atoms with Gasteiger partial charge in [-0.3, -0.25) is 14.9 Å².